The fourth-order valence-corrected chi connectivity index (χ4v) is 4.19. The minimum Gasteiger partial charge on any atom is -0.357 e. The lowest BCUT2D eigenvalue weighted by Crippen LogP contribution is -2.50. The lowest BCUT2D eigenvalue weighted by atomic mass is 10.1. The van der Waals surface area contributed by atoms with E-state index in [1.165, 1.54) is 30.1 Å². The summed E-state index contributed by atoms with van der Waals surface area (Å²) in [6.07, 6.45) is 0.996. The molecule has 0 bridgehead atoms. The van der Waals surface area contributed by atoms with E-state index in [4.69, 9.17) is 23.2 Å². The molecule has 2 rings (SSSR count). The van der Waals surface area contributed by atoms with E-state index in [9.17, 15) is 18.0 Å². The number of sulfonamides is 1. The number of aryl methyl sites for hydroxylation is 1. The molecule has 0 aliphatic heterocycles. The molecule has 0 spiro atoms. The number of hydrogen-bond donors (Lipinski definition) is 1. The van der Waals surface area contributed by atoms with Gasteiger partial charge < -0.3 is 10.2 Å². The minimum absolute atomic E-state index is 0.147. The van der Waals surface area contributed by atoms with Crippen LogP contribution in [0.15, 0.2) is 42.5 Å². The van der Waals surface area contributed by atoms with Crippen molar-refractivity contribution in [3.8, 4) is 0 Å². The Morgan fingerprint density at radius 1 is 1.10 bits per heavy atom. The second-order valence-electron chi connectivity index (χ2n) is 7.17. The summed E-state index contributed by atoms with van der Waals surface area (Å²) >= 11 is 12.0. The Labute approximate surface area is 193 Å². The van der Waals surface area contributed by atoms with Gasteiger partial charge in [0.15, 0.2) is 0 Å². The quantitative estimate of drug-likeness (QED) is 0.621. The molecule has 0 saturated carbocycles. The molecule has 0 aromatic heterocycles. The fraction of sp³-hybridized carbons (Fsp3) is 0.333. The van der Waals surface area contributed by atoms with Crippen molar-refractivity contribution < 1.29 is 18.0 Å². The van der Waals surface area contributed by atoms with Crippen molar-refractivity contribution in [1.29, 1.82) is 0 Å². The molecule has 2 aromatic rings. The van der Waals surface area contributed by atoms with E-state index in [1.807, 2.05) is 31.2 Å². The van der Waals surface area contributed by atoms with Crippen LogP contribution in [0.1, 0.15) is 18.1 Å². The second-order valence-corrected chi connectivity index (χ2v) is 9.89. The molecule has 0 aliphatic rings. The molecule has 0 radical (unpaired) electrons. The van der Waals surface area contributed by atoms with Gasteiger partial charge in [0.2, 0.25) is 21.8 Å². The molecule has 2 aromatic carbocycles. The summed E-state index contributed by atoms with van der Waals surface area (Å²) in [5.41, 5.74) is 2.03. The van der Waals surface area contributed by atoms with Crippen molar-refractivity contribution in [2.24, 2.45) is 0 Å². The number of halogens is 2. The van der Waals surface area contributed by atoms with Gasteiger partial charge >= 0.3 is 0 Å². The van der Waals surface area contributed by atoms with E-state index in [0.717, 1.165) is 21.7 Å². The van der Waals surface area contributed by atoms with Crippen molar-refractivity contribution in [3.05, 3.63) is 63.6 Å². The van der Waals surface area contributed by atoms with Crippen LogP contribution in [0.2, 0.25) is 10.0 Å². The van der Waals surface area contributed by atoms with Gasteiger partial charge in [-0.25, -0.2) is 8.42 Å². The average Bonchev–Trinajstić information content (AvgIpc) is 2.70. The summed E-state index contributed by atoms with van der Waals surface area (Å²) in [7, 11) is -2.34. The standard InChI is InChI=1S/C21H25Cl2N3O4S/c1-14-6-5-7-16(10-14)12-25(15(2)21(28)24-3)20(27)13-26(31(4,29)30)17-8-9-18(22)19(23)11-17/h5-11,15H,12-13H2,1-4H3,(H,24,28)/t15-/m0/s1. The highest BCUT2D eigenvalue weighted by Crippen LogP contribution is 2.28. The third-order valence-electron chi connectivity index (χ3n) is 4.72. The number of amides is 2. The van der Waals surface area contributed by atoms with E-state index in [-0.39, 0.29) is 28.2 Å². The number of anilines is 1. The maximum Gasteiger partial charge on any atom is 0.244 e. The summed E-state index contributed by atoms with van der Waals surface area (Å²) in [4.78, 5) is 26.9. The Balaban J connectivity index is 2.40. The number of nitrogens with one attached hydrogen (secondary N) is 1. The Morgan fingerprint density at radius 3 is 2.32 bits per heavy atom. The fourth-order valence-electron chi connectivity index (χ4n) is 3.05. The molecule has 0 aliphatic carbocycles. The van der Waals surface area contributed by atoms with Gasteiger partial charge in [-0.2, -0.15) is 0 Å². The maximum absolute atomic E-state index is 13.3. The Morgan fingerprint density at radius 2 is 1.77 bits per heavy atom. The molecule has 1 N–H and O–H groups in total. The highest BCUT2D eigenvalue weighted by Gasteiger charge is 2.29. The first-order chi connectivity index (χ1) is 14.4. The summed E-state index contributed by atoms with van der Waals surface area (Å²) in [6.45, 7) is 3.17. The lowest BCUT2D eigenvalue weighted by molar-refractivity contribution is -0.139. The number of benzene rings is 2. The van der Waals surface area contributed by atoms with Crippen molar-refractivity contribution in [1.82, 2.24) is 10.2 Å². The number of carbonyl (C=O) groups is 2. The van der Waals surface area contributed by atoms with Crippen LogP contribution >= 0.6 is 23.2 Å². The minimum atomic E-state index is -3.82. The first kappa shape index (κ1) is 25.0. The predicted octanol–water partition coefficient (Wildman–Crippen LogP) is 3.23. The van der Waals surface area contributed by atoms with Gasteiger partial charge in [0, 0.05) is 13.6 Å². The van der Waals surface area contributed by atoms with Crippen LogP contribution in [0, 0.1) is 6.92 Å². The van der Waals surface area contributed by atoms with Gasteiger partial charge in [-0.1, -0.05) is 53.0 Å². The van der Waals surface area contributed by atoms with E-state index in [1.54, 1.807) is 6.92 Å². The second kappa shape index (κ2) is 10.3. The molecule has 0 saturated heterocycles. The largest absolute Gasteiger partial charge is 0.357 e. The third kappa shape index (κ3) is 6.59. The molecular weight excluding hydrogens is 461 g/mol. The summed E-state index contributed by atoms with van der Waals surface area (Å²) in [6, 6.07) is 11.0. The molecule has 2 amide bonds. The zero-order valence-corrected chi connectivity index (χ0v) is 20.1. The van der Waals surface area contributed by atoms with Gasteiger partial charge in [-0.05, 0) is 37.6 Å². The first-order valence-electron chi connectivity index (χ1n) is 9.43. The van der Waals surface area contributed by atoms with Gasteiger partial charge in [-0.3, -0.25) is 13.9 Å². The van der Waals surface area contributed by atoms with Crippen LogP contribution in [-0.2, 0) is 26.2 Å². The van der Waals surface area contributed by atoms with E-state index < -0.39 is 28.5 Å². The Bertz CT molecular complexity index is 1080. The molecular formula is C21H25Cl2N3O4S. The van der Waals surface area contributed by atoms with Crippen molar-refractivity contribution in [2.75, 3.05) is 24.2 Å². The van der Waals surface area contributed by atoms with Crippen LogP contribution < -0.4 is 9.62 Å². The van der Waals surface area contributed by atoms with Crippen LogP contribution in [0.4, 0.5) is 5.69 Å². The summed E-state index contributed by atoms with van der Waals surface area (Å²) in [5.74, 6) is -0.893. The smallest absolute Gasteiger partial charge is 0.244 e. The molecule has 10 heteroatoms. The monoisotopic (exact) mass is 485 g/mol. The van der Waals surface area contributed by atoms with E-state index >= 15 is 0 Å². The number of hydrogen-bond acceptors (Lipinski definition) is 4. The summed E-state index contributed by atoms with van der Waals surface area (Å²) < 4.78 is 25.8. The van der Waals surface area contributed by atoms with Gasteiger partial charge in [0.1, 0.15) is 12.6 Å². The maximum atomic E-state index is 13.3. The number of carbonyl (C=O) groups excluding carboxylic acids is 2. The molecule has 31 heavy (non-hydrogen) atoms. The molecule has 0 unspecified atom stereocenters. The lowest BCUT2D eigenvalue weighted by Gasteiger charge is -2.31. The predicted molar refractivity (Wildman–Crippen MR) is 124 cm³/mol. The Kier molecular flexibility index (Phi) is 8.34. The van der Waals surface area contributed by atoms with Gasteiger partial charge in [0.25, 0.3) is 0 Å². The van der Waals surface area contributed by atoms with Crippen molar-refractivity contribution >= 4 is 50.7 Å². The zero-order valence-electron chi connectivity index (χ0n) is 17.7. The average molecular weight is 486 g/mol. The van der Waals surface area contributed by atoms with Gasteiger partial charge in [0.05, 0.1) is 22.0 Å². The van der Waals surface area contributed by atoms with Crippen LogP contribution in [0.25, 0.3) is 0 Å². The van der Waals surface area contributed by atoms with Gasteiger partial charge in [-0.15, -0.1) is 0 Å². The van der Waals surface area contributed by atoms with Crippen LogP contribution in [0.3, 0.4) is 0 Å². The topological polar surface area (TPSA) is 86.8 Å². The Hall–Kier alpha value is -2.29. The van der Waals surface area contributed by atoms with Crippen molar-refractivity contribution in [3.63, 3.8) is 0 Å². The van der Waals surface area contributed by atoms with Crippen LogP contribution in [0.5, 0.6) is 0 Å². The molecule has 0 fully saturated rings. The highest BCUT2D eigenvalue weighted by molar-refractivity contribution is 7.92. The van der Waals surface area contributed by atoms with Crippen molar-refractivity contribution in [2.45, 2.75) is 26.4 Å². The third-order valence-corrected chi connectivity index (χ3v) is 6.60. The van der Waals surface area contributed by atoms with E-state index in [2.05, 4.69) is 5.32 Å². The molecule has 7 nitrogen and oxygen atoms in total. The molecule has 168 valence electrons. The van der Waals surface area contributed by atoms with Crippen LogP contribution in [-0.4, -0.2) is 51.0 Å². The zero-order chi connectivity index (χ0) is 23.3. The first-order valence-corrected chi connectivity index (χ1v) is 12.0. The normalized spacial score (nSPS) is 12.2. The van der Waals surface area contributed by atoms with E-state index in [0.29, 0.717) is 0 Å². The number of rotatable bonds is 8. The SMILES string of the molecule is CNC(=O)[C@H](C)N(Cc1cccc(C)c1)C(=O)CN(c1ccc(Cl)c(Cl)c1)S(C)(=O)=O. The summed E-state index contributed by atoms with van der Waals surface area (Å²) in [5, 5.41) is 2.96. The molecule has 1 atom stereocenters. The number of likely N-dealkylation sites (N-methyl/N-ethyl adjacent to an activating group) is 1. The highest BCUT2D eigenvalue weighted by atomic mass is 35.5. The molecule has 0 heterocycles. The number of nitrogens with zero attached hydrogens (tertiary/aromatic N) is 2.